The summed E-state index contributed by atoms with van der Waals surface area (Å²) < 4.78 is 0. The van der Waals surface area contributed by atoms with Crippen molar-refractivity contribution in [2.24, 2.45) is 10.2 Å². The fraction of sp³-hybridized carbons (Fsp3) is 0.520. The second kappa shape index (κ2) is 30.5. The molecule has 0 spiro atoms. The summed E-state index contributed by atoms with van der Waals surface area (Å²) in [5, 5.41) is 17.5. The van der Waals surface area contributed by atoms with Crippen molar-refractivity contribution < 1.29 is 5.11 Å². The highest BCUT2D eigenvalue weighted by atomic mass is 16.3. The Labute approximate surface area is 181 Å². The molecule has 0 fully saturated rings. The van der Waals surface area contributed by atoms with Gasteiger partial charge in [-0.2, -0.15) is 10.2 Å². The van der Waals surface area contributed by atoms with E-state index in [1.54, 1.807) is 0 Å². The van der Waals surface area contributed by atoms with Crippen LogP contribution in [0.4, 0.5) is 17.1 Å². The summed E-state index contributed by atoms with van der Waals surface area (Å²) in [6.07, 6.45) is 0. The number of hydrogen-bond donors (Lipinski definition) is 1. The van der Waals surface area contributed by atoms with E-state index in [0.29, 0.717) is 0 Å². The van der Waals surface area contributed by atoms with E-state index in [0.717, 1.165) is 23.6 Å². The van der Waals surface area contributed by atoms with Crippen molar-refractivity contribution in [1.82, 2.24) is 0 Å². The number of aliphatic hydroxyl groups excluding tert-OH is 1. The van der Waals surface area contributed by atoms with Crippen LogP contribution in [0.3, 0.4) is 0 Å². The van der Waals surface area contributed by atoms with Gasteiger partial charge in [0.05, 0.1) is 11.4 Å². The molecule has 29 heavy (non-hydrogen) atoms. The molecule has 0 aliphatic carbocycles. The van der Waals surface area contributed by atoms with Gasteiger partial charge >= 0.3 is 0 Å². The van der Waals surface area contributed by atoms with Crippen molar-refractivity contribution in [2.45, 2.75) is 76.2 Å². The lowest BCUT2D eigenvalue weighted by Gasteiger charge is -2.19. The van der Waals surface area contributed by atoms with Crippen LogP contribution in [0, 0.1) is 0 Å². The molecule has 0 amide bonds. The standard InChI is InChI=1S/C15H17N3O.5C2H6/c1-2-18(12-19)15-10-8-14(9-11-15)17-16-13-6-4-3-5-7-13;5*1-2/h3-11,19H,2,12H2,1H3;5*1-2H3. The molecule has 4 heteroatoms. The van der Waals surface area contributed by atoms with Gasteiger partial charge in [-0.1, -0.05) is 87.4 Å². The monoisotopic (exact) mass is 405 g/mol. The maximum absolute atomic E-state index is 9.18. The highest BCUT2D eigenvalue weighted by Gasteiger charge is 2.01. The Bertz CT molecular complexity index is 522. The first-order valence-corrected chi connectivity index (χ1v) is 11.3. The summed E-state index contributed by atoms with van der Waals surface area (Å²) in [5.41, 5.74) is 2.60. The molecule has 0 heterocycles. The summed E-state index contributed by atoms with van der Waals surface area (Å²) in [4.78, 5) is 1.86. The van der Waals surface area contributed by atoms with Gasteiger partial charge in [-0.15, -0.1) is 0 Å². The highest BCUT2D eigenvalue weighted by Crippen LogP contribution is 2.21. The van der Waals surface area contributed by atoms with Crippen LogP contribution in [0.1, 0.15) is 76.2 Å². The lowest BCUT2D eigenvalue weighted by Crippen LogP contribution is -2.23. The minimum atomic E-state index is 0.0153. The lowest BCUT2D eigenvalue weighted by molar-refractivity contribution is 0.293. The van der Waals surface area contributed by atoms with E-state index < -0.39 is 0 Å². The van der Waals surface area contributed by atoms with Gasteiger partial charge < -0.3 is 10.0 Å². The van der Waals surface area contributed by atoms with Gasteiger partial charge in [-0.05, 0) is 43.3 Å². The molecule has 0 bridgehead atoms. The second-order valence-corrected chi connectivity index (χ2v) is 4.05. The summed E-state index contributed by atoms with van der Waals surface area (Å²) >= 11 is 0. The van der Waals surface area contributed by atoms with Crippen LogP contribution in [0.15, 0.2) is 64.8 Å². The molecule has 0 radical (unpaired) electrons. The number of anilines is 1. The third kappa shape index (κ3) is 17.6. The van der Waals surface area contributed by atoms with Crippen molar-refractivity contribution in [3.8, 4) is 0 Å². The van der Waals surface area contributed by atoms with Crippen LogP contribution in [0.25, 0.3) is 0 Å². The van der Waals surface area contributed by atoms with Crippen LogP contribution in [0.5, 0.6) is 0 Å². The Morgan fingerprint density at radius 2 is 1.00 bits per heavy atom. The summed E-state index contributed by atoms with van der Waals surface area (Å²) in [7, 11) is 0. The smallest absolute Gasteiger partial charge is 0.115 e. The molecule has 0 atom stereocenters. The number of rotatable bonds is 5. The number of aliphatic hydroxyl groups is 1. The Kier molecular flexibility index (Phi) is 36.1. The average molecular weight is 406 g/mol. The first-order chi connectivity index (χ1) is 14.3. The van der Waals surface area contributed by atoms with Crippen LogP contribution >= 0.6 is 0 Å². The maximum atomic E-state index is 9.18. The van der Waals surface area contributed by atoms with Gasteiger partial charge in [0.25, 0.3) is 0 Å². The fourth-order valence-corrected chi connectivity index (χ4v) is 1.70. The second-order valence-electron chi connectivity index (χ2n) is 4.05. The van der Waals surface area contributed by atoms with Crippen molar-refractivity contribution in [3.63, 3.8) is 0 Å². The van der Waals surface area contributed by atoms with E-state index in [1.807, 2.05) is 136 Å². The SMILES string of the molecule is CC.CC.CC.CC.CC.CCN(CO)c1ccc(N=Nc2ccccc2)cc1. The van der Waals surface area contributed by atoms with Gasteiger partial charge in [-0.3, -0.25) is 0 Å². The number of benzene rings is 2. The lowest BCUT2D eigenvalue weighted by atomic mass is 10.2. The predicted molar refractivity (Wildman–Crippen MR) is 134 cm³/mol. The molecule has 168 valence electrons. The first-order valence-electron chi connectivity index (χ1n) is 11.3. The molecule has 0 saturated carbocycles. The molecule has 0 aliphatic heterocycles. The Morgan fingerprint density at radius 3 is 1.34 bits per heavy atom. The molecule has 0 aromatic heterocycles. The van der Waals surface area contributed by atoms with E-state index in [4.69, 9.17) is 0 Å². The summed E-state index contributed by atoms with van der Waals surface area (Å²) in [5.74, 6) is 0. The normalized spacial score (nSPS) is 8.14. The molecule has 0 unspecified atom stereocenters. The largest absolute Gasteiger partial charge is 0.376 e. The minimum Gasteiger partial charge on any atom is -0.376 e. The van der Waals surface area contributed by atoms with Crippen LogP contribution < -0.4 is 4.90 Å². The molecule has 2 aromatic rings. The maximum Gasteiger partial charge on any atom is 0.115 e. The van der Waals surface area contributed by atoms with Crippen molar-refractivity contribution in [3.05, 3.63) is 54.6 Å². The van der Waals surface area contributed by atoms with Gasteiger partial charge in [-0.25, -0.2) is 0 Å². The van der Waals surface area contributed by atoms with E-state index >= 15 is 0 Å². The highest BCUT2D eigenvalue weighted by molar-refractivity contribution is 5.52. The van der Waals surface area contributed by atoms with Gasteiger partial charge in [0.1, 0.15) is 6.73 Å². The topological polar surface area (TPSA) is 48.2 Å². The molecular weight excluding hydrogens is 358 g/mol. The summed E-state index contributed by atoms with van der Waals surface area (Å²) in [6, 6.07) is 17.3. The fourth-order valence-electron chi connectivity index (χ4n) is 1.70. The van der Waals surface area contributed by atoms with Gasteiger partial charge in [0.15, 0.2) is 0 Å². The molecule has 0 saturated heterocycles. The average Bonchev–Trinajstić information content (AvgIpc) is 2.86. The first kappa shape index (κ1) is 34.3. The number of hydrogen-bond acceptors (Lipinski definition) is 4. The van der Waals surface area contributed by atoms with Crippen LogP contribution in [-0.4, -0.2) is 18.4 Å². The molecular formula is C25H47N3O. The molecule has 0 aliphatic rings. The third-order valence-corrected chi connectivity index (χ3v) is 2.80. The Morgan fingerprint density at radius 1 is 0.621 bits per heavy atom. The molecule has 1 N–H and O–H groups in total. The van der Waals surface area contributed by atoms with Gasteiger partial charge in [0, 0.05) is 12.2 Å². The van der Waals surface area contributed by atoms with Crippen molar-refractivity contribution >= 4 is 17.1 Å². The van der Waals surface area contributed by atoms with Crippen molar-refractivity contribution in [1.29, 1.82) is 0 Å². The predicted octanol–water partition coefficient (Wildman–Crippen LogP) is 9.01. The third-order valence-electron chi connectivity index (χ3n) is 2.80. The van der Waals surface area contributed by atoms with E-state index in [1.165, 1.54) is 0 Å². The van der Waals surface area contributed by atoms with Crippen LogP contribution in [0.2, 0.25) is 0 Å². The van der Waals surface area contributed by atoms with Crippen molar-refractivity contribution in [2.75, 3.05) is 18.2 Å². The van der Waals surface area contributed by atoms with E-state index in [2.05, 4.69) is 10.2 Å². The molecule has 4 nitrogen and oxygen atoms in total. The minimum absolute atomic E-state index is 0.0153. The van der Waals surface area contributed by atoms with E-state index in [9.17, 15) is 5.11 Å². The zero-order chi connectivity index (χ0) is 23.5. The molecule has 2 aromatic carbocycles. The van der Waals surface area contributed by atoms with E-state index in [-0.39, 0.29) is 6.73 Å². The number of nitrogens with zero attached hydrogens (tertiary/aromatic N) is 3. The molecule has 2 rings (SSSR count). The van der Waals surface area contributed by atoms with Crippen LogP contribution in [-0.2, 0) is 0 Å². The summed E-state index contributed by atoms with van der Waals surface area (Å²) in [6.45, 7) is 22.8. The Balaban J connectivity index is -0.000000273. The van der Waals surface area contributed by atoms with Gasteiger partial charge in [0.2, 0.25) is 0 Å². The zero-order valence-corrected chi connectivity index (χ0v) is 20.9. The zero-order valence-electron chi connectivity index (χ0n) is 20.9. The Hall–Kier alpha value is -2.20. The quantitative estimate of drug-likeness (QED) is 0.398. The number of azo groups is 1.